The second-order valence-corrected chi connectivity index (χ2v) is 4.61. The Morgan fingerprint density at radius 2 is 1.94 bits per heavy atom. The van der Waals surface area contributed by atoms with Crippen molar-refractivity contribution in [2.45, 2.75) is 39.0 Å². The second kappa shape index (κ2) is 4.76. The maximum Gasteiger partial charge on any atom is 0.150 e. The fourth-order valence-corrected chi connectivity index (χ4v) is 2.49. The van der Waals surface area contributed by atoms with Crippen molar-refractivity contribution in [3.63, 3.8) is 0 Å². The molecule has 2 heterocycles. The number of nitrogens with zero attached hydrogens (tertiary/aromatic N) is 3. The van der Waals surface area contributed by atoms with E-state index in [1.54, 1.807) is 0 Å². The molecule has 2 N–H and O–H groups in total. The van der Waals surface area contributed by atoms with Gasteiger partial charge in [0.1, 0.15) is 5.82 Å². The van der Waals surface area contributed by atoms with Crippen molar-refractivity contribution in [3.8, 4) is 0 Å². The lowest BCUT2D eigenvalue weighted by Crippen LogP contribution is -2.31. The highest BCUT2D eigenvalue weighted by atomic mass is 15.4. The minimum absolute atomic E-state index is 0.895. The van der Waals surface area contributed by atoms with Crippen LogP contribution in [0.25, 0.3) is 0 Å². The summed E-state index contributed by atoms with van der Waals surface area (Å²) in [6, 6.07) is 0. The molecule has 0 atom stereocenters. The summed E-state index contributed by atoms with van der Waals surface area (Å²) in [6.45, 7) is 4.40. The van der Waals surface area contributed by atoms with Crippen molar-refractivity contribution < 1.29 is 0 Å². The fourth-order valence-electron chi connectivity index (χ4n) is 2.49. The van der Waals surface area contributed by atoms with Gasteiger partial charge in [0, 0.05) is 20.1 Å². The third kappa shape index (κ3) is 2.01. The van der Waals surface area contributed by atoms with Crippen LogP contribution in [0.15, 0.2) is 0 Å². The maximum absolute atomic E-state index is 6.20. The van der Waals surface area contributed by atoms with Gasteiger partial charge in [0.15, 0.2) is 0 Å². The van der Waals surface area contributed by atoms with E-state index in [9.17, 15) is 0 Å². The molecule has 0 unspecified atom stereocenters. The Hall–Kier alpha value is -1.19. The molecule has 0 bridgehead atoms. The van der Waals surface area contributed by atoms with Gasteiger partial charge < -0.3 is 10.6 Å². The van der Waals surface area contributed by atoms with Crippen LogP contribution in [0.2, 0.25) is 0 Å². The van der Waals surface area contributed by atoms with Crippen LogP contribution in [0.4, 0.5) is 11.5 Å². The van der Waals surface area contributed by atoms with Gasteiger partial charge in [-0.1, -0.05) is 13.3 Å². The Bertz CT molecular complexity index is 350. The Kier molecular flexibility index (Phi) is 3.36. The summed E-state index contributed by atoms with van der Waals surface area (Å²) in [5.41, 5.74) is 8.15. The van der Waals surface area contributed by atoms with Crippen LogP contribution in [-0.4, -0.2) is 22.9 Å². The lowest BCUT2D eigenvalue weighted by molar-refractivity contribution is 0.561. The van der Waals surface area contributed by atoms with E-state index in [1.165, 1.54) is 19.3 Å². The van der Waals surface area contributed by atoms with Crippen LogP contribution >= 0.6 is 0 Å². The predicted molar refractivity (Wildman–Crippen MR) is 67.7 cm³/mol. The zero-order valence-electron chi connectivity index (χ0n) is 10.4. The quantitative estimate of drug-likeness (QED) is 0.850. The van der Waals surface area contributed by atoms with Gasteiger partial charge in [-0.3, -0.25) is 4.68 Å². The first kappa shape index (κ1) is 11.3. The number of aromatic nitrogens is 2. The highest BCUT2D eigenvalue weighted by molar-refractivity contribution is 5.66. The smallest absolute Gasteiger partial charge is 0.150 e. The largest absolute Gasteiger partial charge is 0.394 e. The molecule has 0 amide bonds. The maximum atomic E-state index is 6.20. The Balaban J connectivity index is 2.24. The van der Waals surface area contributed by atoms with E-state index in [0.717, 1.165) is 43.1 Å². The molecule has 4 nitrogen and oxygen atoms in total. The Labute approximate surface area is 97.4 Å². The van der Waals surface area contributed by atoms with Gasteiger partial charge in [-0.15, -0.1) is 0 Å². The molecule has 1 aromatic heterocycles. The number of piperidine rings is 1. The van der Waals surface area contributed by atoms with Crippen molar-refractivity contribution in [2.24, 2.45) is 7.05 Å². The molecule has 2 rings (SSSR count). The predicted octanol–water partition coefficient (Wildman–Crippen LogP) is 1.95. The summed E-state index contributed by atoms with van der Waals surface area (Å²) >= 11 is 0. The zero-order valence-corrected chi connectivity index (χ0v) is 10.4. The van der Waals surface area contributed by atoms with Crippen molar-refractivity contribution >= 4 is 11.5 Å². The summed E-state index contributed by atoms with van der Waals surface area (Å²) in [4.78, 5) is 2.38. The first-order chi connectivity index (χ1) is 7.74. The standard InChI is InChI=1S/C12H22N4/c1-3-7-10-11(13)12(15(2)14-10)16-8-5-4-6-9-16/h3-9,13H2,1-2H3. The first-order valence-corrected chi connectivity index (χ1v) is 6.30. The average molecular weight is 222 g/mol. The molecule has 90 valence electrons. The van der Waals surface area contributed by atoms with E-state index in [4.69, 9.17) is 5.73 Å². The van der Waals surface area contributed by atoms with Crippen molar-refractivity contribution in [2.75, 3.05) is 23.7 Å². The van der Waals surface area contributed by atoms with Gasteiger partial charge >= 0.3 is 0 Å². The van der Waals surface area contributed by atoms with E-state index < -0.39 is 0 Å². The van der Waals surface area contributed by atoms with E-state index in [0.29, 0.717) is 0 Å². The number of rotatable bonds is 3. The topological polar surface area (TPSA) is 47.1 Å². The van der Waals surface area contributed by atoms with E-state index in [-0.39, 0.29) is 0 Å². The number of anilines is 2. The Morgan fingerprint density at radius 1 is 1.25 bits per heavy atom. The molecule has 0 aromatic carbocycles. The molecule has 0 radical (unpaired) electrons. The van der Waals surface area contributed by atoms with Crippen molar-refractivity contribution in [1.82, 2.24) is 9.78 Å². The van der Waals surface area contributed by atoms with Gasteiger partial charge in [0.25, 0.3) is 0 Å². The SMILES string of the molecule is CCCc1nn(C)c(N2CCCCC2)c1N. The van der Waals surface area contributed by atoms with Crippen LogP contribution in [0.3, 0.4) is 0 Å². The van der Waals surface area contributed by atoms with Gasteiger partial charge in [0.05, 0.1) is 11.4 Å². The number of hydrogen-bond acceptors (Lipinski definition) is 3. The van der Waals surface area contributed by atoms with Crippen molar-refractivity contribution in [3.05, 3.63) is 5.69 Å². The van der Waals surface area contributed by atoms with Gasteiger partial charge in [-0.2, -0.15) is 5.10 Å². The van der Waals surface area contributed by atoms with Crippen LogP contribution in [0.1, 0.15) is 38.3 Å². The molecule has 16 heavy (non-hydrogen) atoms. The number of aryl methyl sites for hydroxylation is 2. The average Bonchev–Trinajstić information content (AvgIpc) is 2.56. The summed E-state index contributed by atoms with van der Waals surface area (Å²) in [5.74, 6) is 1.13. The molecule has 1 aliphatic rings. The summed E-state index contributed by atoms with van der Waals surface area (Å²) in [6.07, 6.45) is 5.96. The van der Waals surface area contributed by atoms with E-state index >= 15 is 0 Å². The highest BCUT2D eigenvalue weighted by Gasteiger charge is 2.20. The van der Waals surface area contributed by atoms with Crippen LogP contribution in [-0.2, 0) is 13.5 Å². The zero-order chi connectivity index (χ0) is 11.5. The minimum atomic E-state index is 0.895. The number of nitrogens with two attached hydrogens (primary N) is 1. The molecule has 0 spiro atoms. The monoisotopic (exact) mass is 222 g/mol. The van der Waals surface area contributed by atoms with Crippen LogP contribution in [0.5, 0.6) is 0 Å². The number of nitrogen functional groups attached to an aromatic ring is 1. The molecule has 1 saturated heterocycles. The molecule has 1 fully saturated rings. The molecule has 1 aromatic rings. The second-order valence-electron chi connectivity index (χ2n) is 4.61. The lowest BCUT2D eigenvalue weighted by atomic mass is 10.1. The molecule has 1 aliphatic heterocycles. The molecule has 0 saturated carbocycles. The molecular formula is C12H22N4. The molecule has 4 heteroatoms. The molecule has 0 aliphatic carbocycles. The van der Waals surface area contributed by atoms with Crippen LogP contribution in [0, 0.1) is 0 Å². The first-order valence-electron chi connectivity index (χ1n) is 6.30. The van der Waals surface area contributed by atoms with E-state index in [2.05, 4.69) is 16.9 Å². The summed E-state index contributed by atoms with van der Waals surface area (Å²) in [7, 11) is 2.00. The molecular weight excluding hydrogens is 200 g/mol. The summed E-state index contributed by atoms with van der Waals surface area (Å²) in [5, 5.41) is 4.53. The third-order valence-corrected chi connectivity index (χ3v) is 3.27. The van der Waals surface area contributed by atoms with E-state index in [1.807, 2.05) is 11.7 Å². The third-order valence-electron chi connectivity index (χ3n) is 3.27. The van der Waals surface area contributed by atoms with Gasteiger partial charge in [-0.05, 0) is 25.7 Å². The number of hydrogen-bond donors (Lipinski definition) is 1. The normalized spacial score (nSPS) is 16.8. The fraction of sp³-hybridized carbons (Fsp3) is 0.750. The highest BCUT2D eigenvalue weighted by Crippen LogP contribution is 2.29. The van der Waals surface area contributed by atoms with Gasteiger partial charge in [-0.25, -0.2) is 0 Å². The van der Waals surface area contributed by atoms with Gasteiger partial charge in [0.2, 0.25) is 0 Å². The minimum Gasteiger partial charge on any atom is -0.394 e. The van der Waals surface area contributed by atoms with Crippen molar-refractivity contribution in [1.29, 1.82) is 0 Å². The summed E-state index contributed by atoms with van der Waals surface area (Å²) < 4.78 is 1.95. The lowest BCUT2D eigenvalue weighted by Gasteiger charge is -2.28. The van der Waals surface area contributed by atoms with Crippen LogP contribution < -0.4 is 10.6 Å². The Morgan fingerprint density at radius 3 is 2.56 bits per heavy atom.